The van der Waals surface area contributed by atoms with Gasteiger partial charge in [-0.1, -0.05) is 12.1 Å². The average Bonchev–Trinajstić information content (AvgIpc) is 2.82. The first-order valence-electron chi connectivity index (χ1n) is 7.11. The van der Waals surface area contributed by atoms with E-state index in [0.29, 0.717) is 0 Å². The number of hydrogen-bond acceptors (Lipinski definition) is 4. The first-order valence-corrected chi connectivity index (χ1v) is 7.11. The lowest BCUT2D eigenvalue weighted by Gasteiger charge is -2.30. The fourth-order valence-corrected chi connectivity index (χ4v) is 2.47. The van der Waals surface area contributed by atoms with Crippen LogP contribution >= 0.6 is 0 Å². The van der Waals surface area contributed by atoms with Gasteiger partial charge in [-0.05, 0) is 39.3 Å². The highest BCUT2D eigenvalue weighted by Gasteiger charge is 2.24. The Kier molecular flexibility index (Phi) is 4.96. The normalized spacial score (nSPS) is 17.6. The van der Waals surface area contributed by atoms with Gasteiger partial charge in [-0.3, -0.25) is 9.69 Å². The summed E-state index contributed by atoms with van der Waals surface area (Å²) in [5, 5.41) is 6.99. The summed E-state index contributed by atoms with van der Waals surface area (Å²) in [6, 6.07) is 1.97. The van der Waals surface area contributed by atoms with Crippen molar-refractivity contribution in [1.29, 1.82) is 0 Å². The summed E-state index contributed by atoms with van der Waals surface area (Å²) in [4.78, 5) is 14.2. The molecule has 2 heterocycles. The second-order valence-corrected chi connectivity index (χ2v) is 5.27. The van der Waals surface area contributed by atoms with Crippen molar-refractivity contribution in [3.8, 4) is 0 Å². The summed E-state index contributed by atoms with van der Waals surface area (Å²) < 4.78 is 5.07. The van der Waals surface area contributed by atoms with Crippen LogP contribution in [0.4, 0.5) is 0 Å². The first-order chi connectivity index (χ1) is 9.19. The molecule has 1 aliphatic heterocycles. The molecule has 0 radical (unpaired) electrons. The summed E-state index contributed by atoms with van der Waals surface area (Å²) in [6.07, 6.45) is 2.87. The van der Waals surface area contributed by atoms with E-state index in [4.69, 9.17) is 4.52 Å². The van der Waals surface area contributed by atoms with Gasteiger partial charge in [0.1, 0.15) is 5.76 Å². The van der Waals surface area contributed by atoms with Gasteiger partial charge in [-0.15, -0.1) is 0 Å². The minimum absolute atomic E-state index is 0.182. The van der Waals surface area contributed by atoms with Gasteiger partial charge < -0.3 is 9.84 Å². The zero-order chi connectivity index (χ0) is 13.7. The van der Waals surface area contributed by atoms with Crippen molar-refractivity contribution < 1.29 is 9.32 Å². The van der Waals surface area contributed by atoms with Crippen molar-refractivity contribution in [2.24, 2.45) is 5.92 Å². The summed E-state index contributed by atoms with van der Waals surface area (Å²) in [6.45, 7) is 7.49. The SMILES string of the molecule is CCCNC(=O)C1CCN(Cc2cc(C)on2)CC1. The lowest BCUT2D eigenvalue weighted by molar-refractivity contribution is -0.126. The number of rotatable bonds is 5. The Balaban J connectivity index is 1.74. The van der Waals surface area contributed by atoms with Crippen LogP contribution in [-0.2, 0) is 11.3 Å². The molecule has 1 amide bonds. The Morgan fingerprint density at radius 2 is 2.26 bits per heavy atom. The molecule has 0 bridgehead atoms. The van der Waals surface area contributed by atoms with Crippen LogP contribution in [0.3, 0.4) is 0 Å². The number of piperidine rings is 1. The lowest BCUT2D eigenvalue weighted by atomic mass is 9.96. The maximum atomic E-state index is 11.9. The molecule has 1 aromatic heterocycles. The molecule has 1 aromatic rings. The predicted octanol–water partition coefficient (Wildman–Crippen LogP) is 1.72. The molecule has 1 fully saturated rings. The molecule has 0 spiro atoms. The minimum Gasteiger partial charge on any atom is -0.361 e. The van der Waals surface area contributed by atoms with Crippen LogP contribution in [0.5, 0.6) is 0 Å². The maximum Gasteiger partial charge on any atom is 0.223 e. The van der Waals surface area contributed by atoms with Crippen LogP contribution in [-0.4, -0.2) is 35.6 Å². The van der Waals surface area contributed by atoms with Gasteiger partial charge in [0, 0.05) is 25.1 Å². The third-order valence-corrected chi connectivity index (χ3v) is 3.57. The molecular weight excluding hydrogens is 242 g/mol. The monoisotopic (exact) mass is 265 g/mol. The Bertz CT molecular complexity index is 409. The largest absolute Gasteiger partial charge is 0.361 e. The van der Waals surface area contributed by atoms with E-state index in [0.717, 1.165) is 56.9 Å². The van der Waals surface area contributed by atoms with Crippen molar-refractivity contribution in [3.63, 3.8) is 0 Å². The first kappa shape index (κ1) is 14.1. The van der Waals surface area contributed by atoms with Gasteiger partial charge >= 0.3 is 0 Å². The fraction of sp³-hybridized carbons (Fsp3) is 0.714. The molecule has 0 saturated carbocycles. The Labute approximate surface area is 114 Å². The van der Waals surface area contributed by atoms with E-state index in [2.05, 4.69) is 22.3 Å². The van der Waals surface area contributed by atoms with E-state index >= 15 is 0 Å². The number of aryl methyl sites for hydroxylation is 1. The highest BCUT2D eigenvalue weighted by Crippen LogP contribution is 2.19. The summed E-state index contributed by atoms with van der Waals surface area (Å²) >= 11 is 0. The topological polar surface area (TPSA) is 58.4 Å². The number of amides is 1. The van der Waals surface area contributed by atoms with Crippen LogP contribution in [0, 0.1) is 12.8 Å². The Hall–Kier alpha value is -1.36. The number of likely N-dealkylation sites (tertiary alicyclic amines) is 1. The predicted molar refractivity (Wildman–Crippen MR) is 72.5 cm³/mol. The van der Waals surface area contributed by atoms with Crippen LogP contribution in [0.25, 0.3) is 0 Å². The highest BCUT2D eigenvalue weighted by atomic mass is 16.5. The van der Waals surface area contributed by atoms with Gasteiger partial charge in [-0.25, -0.2) is 0 Å². The molecule has 19 heavy (non-hydrogen) atoms. The number of carbonyl (C=O) groups excluding carboxylic acids is 1. The number of carbonyl (C=O) groups is 1. The molecule has 5 nitrogen and oxygen atoms in total. The van der Waals surface area contributed by atoms with E-state index in [1.54, 1.807) is 0 Å². The quantitative estimate of drug-likeness (QED) is 0.880. The van der Waals surface area contributed by atoms with Crippen molar-refractivity contribution in [3.05, 3.63) is 17.5 Å². The third kappa shape index (κ3) is 4.06. The molecule has 1 aliphatic rings. The van der Waals surface area contributed by atoms with Crippen molar-refractivity contribution in [2.75, 3.05) is 19.6 Å². The second-order valence-electron chi connectivity index (χ2n) is 5.27. The van der Waals surface area contributed by atoms with E-state index < -0.39 is 0 Å². The van der Waals surface area contributed by atoms with Crippen LogP contribution in [0.15, 0.2) is 10.6 Å². The van der Waals surface area contributed by atoms with Crippen molar-refractivity contribution >= 4 is 5.91 Å². The summed E-state index contributed by atoms with van der Waals surface area (Å²) in [5.41, 5.74) is 0.978. The molecule has 0 unspecified atom stereocenters. The number of nitrogens with one attached hydrogen (secondary N) is 1. The molecule has 0 aromatic carbocycles. The average molecular weight is 265 g/mol. The van der Waals surface area contributed by atoms with Crippen LogP contribution in [0.1, 0.15) is 37.6 Å². The standard InChI is InChI=1S/C14H23N3O2/c1-3-6-15-14(18)12-4-7-17(8-5-12)10-13-9-11(2)19-16-13/h9,12H,3-8,10H2,1-2H3,(H,15,18). The smallest absolute Gasteiger partial charge is 0.223 e. The number of nitrogens with zero attached hydrogens (tertiary/aromatic N) is 2. The van der Waals surface area contributed by atoms with Crippen LogP contribution < -0.4 is 5.32 Å². The molecule has 5 heteroatoms. The molecule has 1 N–H and O–H groups in total. The Morgan fingerprint density at radius 1 is 1.53 bits per heavy atom. The van der Waals surface area contributed by atoms with Crippen molar-refractivity contribution in [2.45, 2.75) is 39.7 Å². The Morgan fingerprint density at radius 3 is 2.84 bits per heavy atom. The zero-order valence-electron chi connectivity index (χ0n) is 11.8. The highest BCUT2D eigenvalue weighted by molar-refractivity contribution is 5.78. The minimum atomic E-state index is 0.182. The van der Waals surface area contributed by atoms with E-state index in [9.17, 15) is 4.79 Å². The molecule has 106 valence electrons. The summed E-state index contributed by atoms with van der Waals surface area (Å²) in [7, 11) is 0. The second kappa shape index (κ2) is 6.70. The van der Waals surface area contributed by atoms with Crippen molar-refractivity contribution in [1.82, 2.24) is 15.4 Å². The number of hydrogen-bond donors (Lipinski definition) is 1. The van der Waals surface area contributed by atoms with E-state index in [-0.39, 0.29) is 11.8 Å². The molecule has 0 aliphatic carbocycles. The molecular formula is C14H23N3O2. The lowest BCUT2D eigenvalue weighted by Crippen LogP contribution is -2.40. The summed E-state index contributed by atoms with van der Waals surface area (Å²) in [5.74, 6) is 1.25. The van der Waals surface area contributed by atoms with Gasteiger partial charge in [0.05, 0.1) is 5.69 Å². The fourth-order valence-electron chi connectivity index (χ4n) is 2.47. The van der Waals surface area contributed by atoms with E-state index in [1.165, 1.54) is 0 Å². The maximum absolute atomic E-state index is 11.9. The van der Waals surface area contributed by atoms with Gasteiger partial charge in [0.2, 0.25) is 5.91 Å². The van der Waals surface area contributed by atoms with Gasteiger partial charge in [-0.2, -0.15) is 0 Å². The third-order valence-electron chi connectivity index (χ3n) is 3.57. The zero-order valence-corrected chi connectivity index (χ0v) is 11.8. The molecule has 0 atom stereocenters. The molecule has 2 rings (SSSR count). The van der Waals surface area contributed by atoms with Gasteiger partial charge in [0.25, 0.3) is 0 Å². The van der Waals surface area contributed by atoms with E-state index in [1.807, 2.05) is 13.0 Å². The molecule has 1 saturated heterocycles. The van der Waals surface area contributed by atoms with Crippen LogP contribution in [0.2, 0.25) is 0 Å². The van der Waals surface area contributed by atoms with Gasteiger partial charge in [0.15, 0.2) is 0 Å². The number of aromatic nitrogens is 1.